The first-order valence-corrected chi connectivity index (χ1v) is 33.3. The molecule has 27 heteroatoms. The number of halogens is 6. The van der Waals surface area contributed by atoms with Crippen LogP contribution in [0.15, 0.2) is 164 Å². The van der Waals surface area contributed by atoms with Crippen LogP contribution in [-0.4, -0.2) is 141 Å². The van der Waals surface area contributed by atoms with E-state index >= 15 is 0 Å². The number of nitrogen functional groups attached to an aromatic ring is 3. The van der Waals surface area contributed by atoms with Crippen LogP contribution in [-0.2, 0) is 14.4 Å². The van der Waals surface area contributed by atoms with Crippen molar-refractivity contribution in [3.05, 3.63) is 247 Å². The number of aromatic nitrogens is 3. The Morgan fingerprint density at radius 3 is 0.922 bits per heavy atom. The first kappa shape index (κ1) is 74.2. The molecule has 3 saturated heterocycles. The van der Waals surface area contributed by atoms with Crippen LogP contribution < -0.4 is 33.2 Å². The molecule has 3 aliphatic rings. The number of likely N-dealkylation sites (tertiary alicyclic amines) is 3. The SMILES string of the molecule is CN1CC(c2cnc(N)c(-c3ccc(C(=O)N[C@H](CO)c4cccc(Cl)c4)c(F)c3)c2)CC1=O.CN1C[C@@H](c2cnc(N)c(-c3ccc(C(=O)N[C@H](CO)c4cccc(Cl)c4)c(F)c3)c2)CC1=O.CN1C[C@H](c2cnc(N)c(-c3ccc(C(=O)N[C@H](CO)c4cccc(Cl)c4)c(F)c3)c2)CC1=O. The van der Waals surface area contributed by atoms with E-state index in [1.54, 1.807) is 145 Å². The minimum atomic E-state index is -0.742. The monoisotopic (exact) mass is 1450 g/mol. The number of hydrogen-bond acceptors (Lipinski definition) is 15. The molecule has 6 heterocycles. The van der Waals surface area contributed by atoms with Crippen LogP contribution >= 0.6 is 34.8 Å². The summed E-state index contributed by atoms with van der Waals surface area (Å²) in [6.45, 7) is 0.612. The maximum atomic E-state index is 15.0. The number of pyridine rings is 3. The van der Waals surface area contributed by atoms with Gasteiger partial charge in [-0.25, -0.2) is 28.1 Å². The summed E-state index contributed by atoms with van der Waals surface area (Å²) >= 11 is 18.0. The molecule has 0 saturated carbocycles. The average Bonchev–Trinajstić information content (AvgIpc) is 1.24. The fraction of sp³-hybridized carbons (Fsp3) is 0.240. The van der Waals surface area contributed by atoms with Gasteiger partial charge in [-0.2, -0.15) is 0 Å². The lowest BCUT2D eigenvalue weighted by Gasteiger charge is -2.18. The Kier molecular flexibility index (Phi) is 23.9. The lowest BCUT2D eigenvalue weighted by atomic mass is 9.95. The van der Waals surface area contributed by atoms with Gasteiger partial charge in [0.25, 0.3) is 17.7 Å². The molecule has 9 aromatic rings. The number of anilines is 3. The Morgan fingerprint density at radius 1 is 0.441 bits per heavy atom. The first-order chi connectivity index (χ1) is 48.8. The largest absolute Gasteiger partial charge is 0.394 e. The Hall–Kier alpha value is -10.5. The summed E-state index contributed by atoms with van der Waals surface area (Å²) in [6, 6.07) is 35.9. The normalized spacial score (nSPS) is 16.5. The number of nitrogens with zero attached hydrogens (tertiary/aromatic N) is 6. The van der Waals surface area contributed by atoms with Gasteiger partial charge in [-0.1, -0.05) is 89.4 Å². The predicted molar refractivity (Wildman–Crippen MR) is 383 cm³/mol. The van der Waals surface area contributed by atoms with Crippen molar-refractivity contribution in [2.75, 3.05) is 77.8 Å². The summed E-state index contributed by atoms with van der Waals surface area (Å²) in [5.74, 6) is -3.42. The van der Waals surface area contributed by atoms with Crippen molar-refractivity contribution in [1.82, 2.24) is 45.6 Å². The van der Waals surface area contributed by atoms with E-state index in [0.717, 1.165) is 16.7 Å². The highest BCUT2D eigenvalue weighted by Gasteiger charge is 2.32. The summed E-state index contributed by atoms with van der Waals surface area (Å²) in [5.41, 5.74) is 25.0. The molecule has 3 fully saturated rings. The summed E-state index contributed by atoms with van der Waals surface area (Å²) in [5, 5.41) is 38.4. The highest BCUT2D eigenvalue weighted by Crippen LogP contribution is 2.37. The molecular formula is C75H72Cl3F3N12O9. The van der Waals surface area contributed by atoms with E-state index < -0.39 is 53.3 Å². The van der Waals surface area contributed by atoms with Crippen molar-refractivity contribution in [3.8, 4) is 33.4 Å². The molecule has 6 amide bonds. The molecule has 12 N–H and O–H groups in total. The van der Waals surface area contributed by atoms with Crippen molar-refractivity contribution < 1.29 is 57.3 Å². The molecule has 0 bridgehead atoms. The highest BCUT2D eigenvalue weighted by atomic mass is 35.5. The van der Waals surface area contributed by atoms with Gasteiger partial charge in [0.2, 0.25) is 17.7 Å². The van der Waals surface area contributed by atoms with E-state index in [-0.39, 0.29) is 89.4 Å². The minimum Gasteiger partial charge on any atom is -0.394 e. The quantitative estimate of drug-likeness (QED) is 0.0386. The number of carbonyl (C=O) groups is 6. The Morgan fingerprint density at radius 2 is 0.706 bits per heavy atom. The number of hydrogen-bond donors (Lipinski definition) is 9. The van der Waals surface area contributed by atoms with Gasteiger partial charge >= 0.3 is 0 Å². The summed E-state index contributed by atoms with van der Waals surface area (Å²) in [4.78, 5) is 91.6. The minimum absolute atomic E-state index is 0.0128. The van der Waals surface area contributed by atoms with Crippen LogP contribution in [0.4, 0.5) is 30.6 Å². The van der Waals surface area contributed by atoms with Gasteiger partial charge in [-0.05, 0) is 141 Å². The second-order valence-corrected chi connectivity index (χ2v) is 26.3. The highest BCUT2D eigenvalue weighted by molar-refractivity contribution is 6.31. The van der Waals surface area contributed by atoms with Gasteiger partial charge in [0.15, 0.2) is 0 Å². The molecule has 12 rings (SSSR count). The zero-order valence-electron chi connectivity index (χ0n) is 55.4. The van der Waals surface area contributed by atoms with E-state index in [9.17, 15) is 57.3 Å². The summed E-state index contributed by atoms with van der Waals surface area (Å²) in [6.07, 6.45) is 6.06. The lowest BCUT2D eigenvalue weighted by molar-refractivity contribution is -0.127. The molecule has 3 aromatic heterocycles. The zero-order chi connectivity index (χ0) is 73.2. The number of rotatable bonds is 18. The molecule has 6 atom stereocenters. The third kappa shape index (κ3) is 17.6. The van der Waals surface area contributed by atoms with Crippen LogP contribution in [0.3, 0.4) is 0 Å². The molecule has 6 aromatic carbocycles. The van der Waals surface area contributed by atoms with Crippen molar-refractivity contribution in [3.63, 3.8) is 0 Å². The topological polar surface area (TPSA) is 326 Å². The maximum Gasteiger partial charge on any atom is 0.254 e. The molecule has 0 spiro atoms. The van der Waals surface area contributed by atoms with Crippen molar-refractivity contribution in [2.45, 2.75) is 55.1 Å². The van der Waals surface area contributed by atoms with Gasteiger partial charge in [-0.3, -0.25) is 28.8 Å². The fourth-order valence-corrected chi connectivity index (χ4v) is 12.9. The Labute approximate surface area is 600 Å². The average molecular weight is 1450 g/mol. The number of carbonyl (C=O) groups excluding carboxylic acids is 6. The molecule has 3 aliphatic heterocycles. The van der Waals surface area contributed by atoms with Crippen molar-refractivity contribution >= 4 is 87.7 Å². The van der Waals surface area contributed by atoms with Crippen LogP contribution in [0.1, 0.15) is 120 Å². The first-order valence-electron chi connectivity index (χ1n) is 32.2. The van der Waals surface area contributed by atoms with E-state index in [4.69, 9.17) is 52.0 Å². The Balaban J connectivity index is 0.000000165. The second-order valence-electron chi connectivity index (χ2n) is 25.0. The van der Waals surface area contributed by atoms with E-state index in [2.05, 4.69) is 30.9 Å². The smallest absolute Gasteiger partial charge is 0.254 e. The van der Waals surface area contributed by atoms with Crippen LogP contribution in [0, 0.1) is 17.5 Å². The number of benzene rings is 6. The van der Waals surface area contributed by atoms with Crippen LogP contribution in [0.25, 0.3) is 33.4 Å². The molecule has 102 heavy (non-hydrogen) atoms. The number of nitrogens with one attached hydrogen (secondary N) is 3. The number of nitrogens with two attached hydrogens (primary N) is 3. The maximum absolute atomic E-state index is 15.0. The molecular weight excluding hydrogens is 1380 g/mol. The number of likely N-dealkylation sites (N-methyl/N-ethyl adjacent to an activating group) is 3. The van der Waals surface area contributed by atoms with E-state index in [1.807, 2.05) is 18.2 Å². The van der Waals surface area contributed by atoms with E-state index in [1.165, 1.54) is 36.4 Å². The number of amides is 6. The van der Waals surface area contributed by atoms with Gasteiger partial charge in [-0.15, -0.1) is 0 Å². The molecule has 21 nitrogen and oxygen atoms in total. The van der Waals surface area contributed by atoms with Crippen molar-refractivity contribution in [1.29, 1.82) is 0 Å². The van der Waals surface area contributed by atoms with Crippen molar-refractivity contribution in [2.24, 2.45) is 0 Å². The van der Waals surface area contributed by atoms with Gasteiger partial charge in [0.1, 0.15) is 34.9 Å². The van der Waals surface area contributed by atoms with Gasteiger partial charge in [0.05, 0.1) is 54.6 Å². The van der Waals surface area contributed by atoms with Gasteiger partial charge < -0.3 is 63.2 Å². The number of aliphatic hydroxyl groups is 3. The summed E-state index contributed by atoms with van der Waals surface area (Å²) < 4.78 is 45.0. The molecule has 0 aliphatic carbocycles. The zero-order valence-corrected chi connectivity index (χ0v) is 57.7. The molecule has 528 valence electrons. The number of aliphatic hydroxyl groups excluding tert-OH is 3. The van der Waals surface area contributed by atoms with Crippen LogP contribution in [0.2, 0.25) is 15.1 Å². The standard InChI is InChI=1S/3C25H24ClFN4O3/c3*1-31-12-17(10-23(31)33)16-8-20(24(28)29-11-16)14-5-6-19(21(27)9-14)25(34)30-22(13-32)15-3-2-4-18(26)7-15/h3*2-9,11,17,22,32H,10,12-13H2,1H3,(H2,28,29)(H,30,34)/t17?,22-;17-,22+;17-,22-/m101/s1. The van der Waals surface area contributed by atoms with E-state index in [0.29, 0.717) is 104 Å². The van der Waals surface area contributed by atoms with Gasteiger partial charge in [0, 0.05) is 128 Å². The Bertz CT molecular complexity index is 4220. The molecule has 0 radical (unpaired) electrons. The molecule has 1 unspecified atom stereocenters. The lowest BCUT2D eigenvalue weighted by Crippen LogP contribution is -2.31. The third-order valence-corrected chi connectivity index (χ3v) is 18.8. The van der Waals surface area contributed by atoms with Crippen LogP contribution in [0.5, 0.6) is 0 Å². The third-order valence-electron chi connectivity index (χ3n) is 18.0. The summed E-state index contributed by atoms with van der Waals surface area (Å²) in [7, 11) is 5.25. The fourth-order valence-electron chi connectivity index (χ4n) is 12.3. The predicted octanol–water partition coefficient (Wildman–Crippen LogP) is 10.6. The second kappa shape index (κ2) is 32.9.